The minimum atomic E-state index is -5.08. The van der Waals surface area contributed by atoms with Crippen LogP contribution in [-0.4, -0.2) is 121 Å². The number of rotatable bonds is 4. The molecule has 3 rings (SSSR count). The van der Waals surface area contributed by atoms with Gasteiger partial charge in [0.1, 0.15) is 0 Å². The first-order valence-corrected chi connectivity index (χ1v) is 11.4. The number of carbonyl (C=O) groups excluding carboxylic acids is 1. The first-order chi connectivity index (χ1) is 17.4. The highest BCUT2D eigenvalue weighted by Crippen LogP contribution is 2.26. The van der Waals surface area contributed by atoms with Gasteiger partial charge in [0.05, 0.1) is 19.0 Å². The van der Waals surface area contributed by atoms with Gasteiger partial charge >= 0.3 is 24.3 Å². The second kappa shape index (κ2) is 14.3. The van der Waals surface area contributed by atoms with E-state index < -0.39 is 24.3 Å². The Labute approximate surface area is 214 Å². The fourth-order valence-electron chi connectivity index (χ4n) is 3.58. The summed E-state index contributed by atoms with van der Waals surface area (Å²) in [5.74, 6) is -4.54. The molecule has 38 heavy (non-hydrogen) atoms. The van der Waals surface area contributed by atoms with Crippen LogP contribution in [0.25, 0.3) is 0 Å². The number of nitrogens with zero attached hydrogens (tertiary/aromatic N) is 3. The molecule has 0 radical (unpaired) electrons. The van der Waals surface area contributed by atoms with Crippen LogP contribution in [0.15, 0.2) is 16.7 Å². The molecule has 2 atom stereocenters. The Morgan fingerprint density at radius 2 is 1.58 bits per heavy atom. The summed E-state index contributed by atoms with van der Waals surface area (Å²) in [6.07, 6.45) is -7.45. The van der Waals surface area contributed by atoms with E-state index in [4.69, 9.17) is 29.0 Å². The lowest BCUT2D eigenvalue weighted by molar-refractivity contribution is -0.193. The van der Waals surface area contributed by atoms with Gasteiger partial charge in [0.25, 0.3) is 5.91 Å². The van der Waals surface area contributed by atoms with Crippen molar-refractivity contribution in [2.75, 3.05) is 60.0 Å². The number of amides is 1. The van der Waals surface area contributed by atoms with Gasteiger partial charge in [-0.2, -0.15) is 26.3 Å². The van der Waals surface area contributed by atoms with Gasteiger partial charge in [-0.25, -0.2) is 9.59 Å². The number of hydrogen-bond donors (Lipinski definition) is 2. The third kappa shape index (κ3) is 11.3. The molecular weight excluding hydrogens is 532 g/mol. The summed E-state index contributed by atoms with van der Waals surface area (Å²) in [5, 5.41) is 14.2. The summed E-state index contributed by atoms with van der Waals surface area (Å²) in [7, 11) is 4.22. The number of carbonyl (C=O) groups is 3. The van der Waals surface area contributed by atoms with E-state index in [0.29, 0.717) is 18.2 Å². The predicted octanol–water partition coefficient (Wildman–Crippen LogP) is 2.58. The maximum Gasteiger partial charge on any atom is 0.490 e. The Bertz CT molecular complexity index is 896. The zero-order valence-corrected chi connectivity index (χ0v) is 21.0. The Morgan fingerprint density at radius 1 is 1.03 bits per heavy atom. The second-order valence-corrected chi connectivity index (χ2v) is 8.85. The van der Waals surface area contributed by atoms with E-state index in [-0.39, 0.29) is 12.0 Å². The minimum absolute atomic E-state index is 0.00624. The number of likely N-dealkylation sites (N-methyl/N-ethyl adjacent to an activating group) is 1. The van der Waals surface area contributed by atoms with Crippen LogP contribution >= 0.6 is 0 Å². The molecule has 1 aromatic heterocycles. The molecule has 3 heterocycles. The van der Waals surface area contributed by atoms with Crippen molar-refractivity contribution in [3.05, 3.63) is 23.7 Å². The lowest BCUT2D eigenvalue weighted by Gasteiger charge is -2.37. The molecular formula is C22H31F6N3O7. The first kappa shape index (κ1) is 33.2. The number of aryl methyl sites for hydroxylation is 1. The number of aliphatic carboxylic acids is 2. The number of carboxylic acids is 2. The van der Waals surface area contributed by atoms with E-state index in [0.717, 1.165) is 51.3 Å². The maximum absolute atomic E-state index is 12.6. The monoisotopic (exact) mass is 563 g/mol. The van der Waals surface area contributed by atoms with Crippen LogP contribution in [0.4, 0.5) is 26.3 Å². The van der Waals surface area contributed by atoms with Crippen molar-refractivity contribution < 1.29 is 60.1 Å². The molecule has 0 unspecified atom stereocenters. The average molecular weight is 563 g/mol. The van der Waals surface area contributed by atoms with E-state index in [1.807, 2.05) is 17.9 Å². The standard InChI is InChI=1S/C18H29N3O3.2C2HF3O2/c1-14-5-10-24-17(14)18(22)21-6-4-15-12-20(8-7-19(2)3)9-11-23-16(15)13-21;2*3-2(4,5)1(6)7/h5,10,15-16H,4,6-9,11-13H2,1-3H3;2*(H,6,7)/t15-,16-;;/m1../s1. The molecule has 1 aromatic rings. The topological polar surface area (TPSA) is 124 Å². The highest BCUT2D eigenvalue weighted by atomic mass is 19.4. The van der Waals surface area contributed by atoms with Crippen molar-refractivity contribution in [2.45, 2.75) is 31.8 Å². The number of piperidine rings is 1. The SMILES string of the molecule is Cc1ccoc1C(=O)N1CC[C@@H]2CN(CCN(C)C)CCO[C@@H]2C1.O=C(O)C(F)(F)F.O=C(O)C(F)(F)F. The van der Waals surface area contributed by atoms with Gasteiger partial charge in [-0.05, 0) is 33.5 Å². The fraction of sp³-hybridized carbons (Fsp3) is 0.682. The van der Waals surface area contributed by atoms with E-state index >= 15 is 0 Å². The van der Waals surface area contributed by atoms with Gasteiger partial charge in [0.15, 0.2) is 5.76 Å². The number of fused-ring (bicyclic) bond motifs is 1. The number of halogens is 6. The molecule has 2 aliphatic rings. The van der Waals surface area contributed by atoms with Crippen molar-refractivity contribution in [1.29, 1.82) is 0 Å². The summed E-state index contributed by atoms with van der Waals surface area (Å²) in [4.78, 5) is 37.0. The predicted molar refractivity (Wildman–Crippen MR) is 120 cm³/mol. The number of furan rings is 1. The van der Waals surface area contributed by atoms with Crippen molar-refractivity contribution in [3.63, 3.8) is 0 Å². The summed E-state index contributed by atoms with van der Waals surface area (Å²) in [6.45, 7) is 8.31. The van der Waals surface area contributed by atoms with Crippen LogP contribution in [0.3, 0.4) is 0 Å². The minimum Gasteiger partial charge on any atom is -0.475 e. The molecule has 10 nitrogen and oxygen atoms in total. The summed E-state index contributed by atoms with van der Waals surface area (Å²) < 4.78 is 74.9. The molecule has 2 aliphatic heterocycles. The Balaban J connectivity index is 0.000000426. The molecule has 2 saturated heterocycles. The maximum atomic E-state index is 12.6. The van der Waals surface area contributed by atoms with Gasteiger partial charge in [0.2, 0.25) is 0 Å². The average Bonchev–Trinajstić information content (AvgIpc) is 3.11. The molecule has 0 aromatic carbocycles. The normalized spacial score (nSPS) is 20.3. The zero-order chi connectivity index (χ0) is 29.3. The number of hydrogen-bond acceptors (Lipinski definition) is 7. The Morgan fingerprint density at radius 3 is 2.03 bits per heavy atom. The quantitative estimate of drug-likeness (QED) is 0.532. The highest BCUT2D eigenvalue weighted by Gasteiger charge is 2.39. The smallest absolute Gasteiger partial charge is 0.475 e. The molecule has 2 fully saturated rings. The summed E-state index contributed by atoms with van der Waals surface area (Å²) in [6, 6.07) is 1.84. The number of carboxylic acid groups (broad SMARTS) is 2. The summed E-state index contributed by atoms with van der Waals surface area (Å²) in [5.41, 5.74) is 0.902. The van der Waals surface area contributed by atoms with Crippen molar-refractivity contribution >= 4 is 17.8 Å². The summed E-state index contributed by atoms with van der Waals surface area (Å²) >= 11 is 0. The van der Waals surface area contributed by atoms with E-state index in [2.05, 4.69) is 23.9 Å². The molecule has 2 N–H and O–H groups in total. The third-order valence-corrected chi connectivity index (χ3v) is 5.62. The lowest BCUT2D eigenvalue weighted by Crippen LogP contribution is -2.49. The van der Waals surface area contributed by atoms with Gasteiger partial charge in [-0.1, -0.05) is 0 Å². The van der Waals surface area contributed by atoms with Crippen molar-refractivity contribution in [2.24, 2.45) is 5.92 Å². The zero-order valence-electron chi connectivity index (χ0n) is 21.0. The van der Waals surface area contributed by atoms with Crippen LogP contribution in [0.2, 0.25) is 0 Å². The van der Waals surface area contributed by atoms with E-state index in [9.17, 15) is 31.1 Å². The molecule has 1 amide bonds. The van der Waals surface area contributed by atoms with Gasteiger partial charge in [-0.3, -0.25) is 9.69 Å². The number of ether oxygens (including phenoxy) is 1. The molecule has 218 valence electrons. The molecule has 0 aliphatic carbocycles. The van der Waals surface area contributed by atoms with Crippen LogP contribution in [0.5, 0.6) is 0 Å². The Kier molecular flexibility index (Phi) is 12.5. The Hall–Kier alpha value is -2.85. The van der Waals surface area contributed by atoms with Gasteiger partial charge in [-0.15, -0.1) is 0 Å². The molecule has 0 bridgehead atoms. The second-order valence-electron chi connectivity index (χ2n) is 8.85. The van der Waals surface area contributed by atoms with Gasteiger partial charge in [0, 0.05) is 50.7 Å². The van der Waals surface area contributed by atoms with Crippen LogP contribution in [0, 0.1) is 12.8 Å². The number of likely N-dealkylation sites (tertiary alicyclic amines) is 1. The van der Waals surface area contributed by atoms with Crippen molar-refractivity contribution in [3.8, 4) is 0 Å². The van der Waals surface area contributed by atoms with E-state index in [1.54, 1.807) is 6.26 Å². The largest absolute Gasteiger partial charge is 0.490 e. The van der Waals surface area contributed by atoms with Gasteiger partial charge < -0.3 is 29.2 Å². The van der Waals surface area contributed by atoms with Crippen LogP contribution < -0.4 is 0 Å². The molecule has 0 saturated carbocycles. The fourth-order valence-corrected chi connectivity index (χ4v) is 3.58. The third-order valence-electron chi connectivity index (χ3n) is 5.62. The molecule has 0 spiro atoms. The van der Waals surface area contributed by atoms with E-state index in [1.165, 1.54) is 0 Å². The van der Waals surface area contributed by atoms with Crippen LogP contribution in [0.1, 0.15) is 22.5 Å². The highest BCUT2D eigenvalue weighted by molar-refractivity contribution is 5.92. The number of alkyl halides is 6. The molecule has 16 heteroatoms. The first-order valence-electron chi connectivity index (χ1n) is 11.4. The van der Waals surface area contributed by atoms with Crippen molar-refractivity contribution in [1.82, 2.24) is 14.7 Å². The van der Waals surface area contributed by atoms with Crippen LogP contribution in [-0.2, 0) is 14.3 Å². The lowest BCUT2D eigenvalue weighted by atomic mass is 9.93.